The predicted molar refractivity (Wildman–Crippen MR) is 152 cm³/mol. The molecule has 3 aromatic rings. The fourth-order valence-electron chi connectivity index (χ4n) is 5.06. The number of nitrogen functional groups attached to an aromatic ring is 1. The Morgan fingerprint density at radius 3 is 2.51 bits per heavy atom. The summed E-state index contributed by atoms with van der Waals surface area (Å²) in [7, 11) is 1.52. The van der Waals surface area contributed by atoms with E-state index in [9.17, 15) is 22.5 Å². The number of hydrogen-bond donors (Lipinski definition) is 2. The fraction of sp³-hybridized carbons (Fsp3) is 0.444. The third kappa shape index (κ3) is 5.62. The third-order valence-electron chi connectivity index (χ3n) is 7.25. The van der Waals surface area contributed by atoms with Crippen LogP contribution in [-0.2, 0) is 24.6 Å². The number of nitrogens with zero attached hydrogens (tertiary/aromatic N) is 4. The molecule has 220 valence electrons. The van der Waals surface area contributed by atoms with E-state index in [1.165, 1.54) is 23.7 Å². The number of pyridine rings is 1. The number of anilines is 2. The van der Waals surface area contributed by atoms with Gasteiger partial charge in [-0.3, -0.25) is 14.3 Å². The molecule has 4 heterocycles. The van der Waals surface area contributed by atoms with Gasteiger partial charge in [-0.15, -0.1) is 4.72 Å². The molecule has 2 unspecified atom stereocenters. The molecule has 0 amide bonds. The monoisotopic (exact) mass is 608 g/mol. The average molecular weight is 609 g/mol. The molecular weight excluding hydrogens is 577 g/mol. The highest BCUT2D eigenvalue weighted by Crippen LogP contribution is 2.49. The van der Waals surface area contributed by atoms with Crippen molar-refractivity contribution in [3.05, 3.63) is 64.2 Å². The molecule has 9 nitrogen and oxygen atoms in total. The molecule has 2 aliphatic rings. The van der Waals surface area contributed by atoms with Crippen LogP contribution < -0.4 is 25.7 Å². The maximum atomic E-state index is 13.5. The molecule has 1 aromatic carbocycles. The molecule has 5 rings (SSSR count). The van der Waals surface area contributed by atoms with Gasteiger partial charge in [0.05, 0.1) is 0 Å². The molecule has 1 fully saturated rings. The highest BCUT2D eigenvalue weighted by atomic mass is 32.2. The van der Waals surface area contributed by atoms with E-state index in [4.69, 9.17) is 10.5 Å². The van der Waals surface area contributed by atoms with Crippen molar-refractivity contribution in [3.63, 3.8) is 0 Å². The number of ether oxygens (including phenoxy) is 1. The summed E-state index contributed by atoms with van der Waals surface area (Å²) in [6, 6.07) is 10.0. The van der Waals surface area contributed by atoms with E-state index in [0.29, 0.717) is 43.6 Å². The lowest BCUT2D eigenvalue weighted by Crippen LogP contribution is -2.55. The van der Waals surface area contributed by atoms with Gasteiger partial charge < -0.3 is 19.9 Å². The van der Waals surface area contributed by atoms with Crippen molar-refractivity contribution >= 4 is 34.9 Å². The number of nitrogens with one attached hydrogen (secondary N) is 1. The molecule has 2 aliphatic heterocycles. The van der Waals surface area contributed by atoms with Gasteiger partial charge in [0, 0.05) is 61.0 Å². The summed E-state index contributed by atoms with van der Waals surface area (Å²) in [5, 5.41) is 0. The van der Waals surface area contributed by atoms with Gasteiger partial charge in [0.15, 0.2) is 5.69 Å². The Balaban J connectivity index is 1.39. The second-order valence-electron chi connectivity index (χ2n) is 11.1. The smallest absolute Gasteiger partial charge is 0.434 e. The Morgan fingerprint density at radius 1 is 1.17 bits per heavy atom. The molecule has 0 aliphatic carbocycles. The van der Waals surface area contributed by atoms with Crippen LogP contribution in [0.5, 0.6) is 5.75 Å². The first kappa shape index (κ1) is 29.5. The number of fused-ring (bicyclic) bond motifs is 1. The second-order valence-corrected chi connectivity index (χ2v) is 14.1. The van der Waals surface area contributed by atoms with E-state index in [1.807, 2.05) is 49.9 Å². The zero-order chi connectivity index (χ0) is 29.7. The minimum absolute atomic E-state index is 0.105. The van der Waals surface area contributed by atoms with E-state index in [0.717, 1.165) is 17.5 Å². The summed E-state index contributed by atoms with van der Waals surface area (Å²) in [5.41, 5.74) is 4.80. The maximum Gasteiger partial charge on any atom is 0.434 e. The summed E-state index contributed by atoms with van der Waals surface area (Å²) in [6.07, 6.45) is -2.56. The SMILES string of the molecule is Cn1c(N2CCC3(CC2)Oc2ccccc2C3N[S+]([O-])C(C)(C)C)nc(N)c(Sc2cccnc2C(F)(F)F)c1=O. The maximum absolute atomic E-state index is 13.5. The number of benzene rings is 1. The Hall–Kier alpha value is -2.94. The van der Waals surface area contributed by atoms with Crippen LogP contribution in [-0.4, -0.2) is 42.5 Å². The van der Waals surface area contributed by atoms with E-state index in [1.54, 1.807) is 0 Å². The minimum atomic E-state index is -4.69. The lowest BCUT2D eigenvalue weighted by atomic mass is 9.83. The van der Waals surface area contributed by atoms with E-state index < -0.39 is 39.1 Å². The van der Waals surface area contributed by atoms with Crippen molar-refractivity contribution in [1.82, 2.24) is 19.3 Å². The topological polar surface area (TPSA) is 121 Å². The molecule has 1 saturated heterocycles. The first-order valence-electron chi connectivity index (χ1n) is 13.0. The van der Waals surface area contributed by atoms with Crippen LogP contribution >= 0.6 is 11.8 Å². The van der Waals surface area contributed by atoms with Gasteiger partial charge >= 0.3 is 6.18 Å². The van der Waals surface area contributed by atoms with Crippen molar-refractivity contribution in [3.8, 4) is 5.75 Å². The van der Waals surface area contributed by atoms with E-state index in [-0.39, 0.29) is 21.7 Å². The van der Waals surface area contributed by atoms with Crippen LogP contribution in [0, 0.1) is 0 Å². The molecule has 41 heavy (non-hydrogen) atoms. The fourth-order valence-corrected chi connectivity index (χ4v) is 6.98. The second kappa shape index (κ2) is 10.7. The molecule has 2 atom stereocenters. The summed E-state index contributed by atoms with van der Waals surface area (Å²) < 4.78 is 64.1. The van der Waals surface area contributed by atoms with E-state index >= 15 is 0 Å². The zero-order valence-electron chi connectivity index (χ0n) is 23.0. The van der Waals surface area contributed by atoms with Gasteiger partial charge in [0.25, 0.3) is 5.56 Å². The Morgan fingerprint density at radius 2 is 1.85 bits per heavy atom. The van der Waals surface area contributed by atoms with Gasteiger partial charge in [-0.25, -0.2) is 0 Å². The van der Waals surface area contributed by atoms with Gasteiger partial charge in [0.1, 0.15) is 32.9 Å². The standard InChI is InChI=1S/C27H31F3N6O3S2/c1-25(2,3)41(38)34-20-16-8-5-6-9-17(16)39-26(20)11-14-36(15-12-26)24-33-22(31)19(23(37)35(24)4)40-18-10-7-13-32-21(18)27(28,29)30/h5-10,13,20,34H,11-12,14-15,31H2,1-4H3. The largest absolute Gasteiger partial charge is 0.598 e. The lowest BCUT2D eigenvalue weighted by Gasteiger charge is -2.43. The van der Waals surface area contributed by atoms with Crippen molar-refractivity contribution in [2.45, 2.75) is 66.0 Å². The lowest BCUT2D eigenvalue weighted by molar-refractivity contribution is -0.143. The van der Waals surface area contributed by atoms with Crippen LogP contribution in [0.2, 0.25) is 0 Å². The predicted octanol–water partition coefficient (Wildman–Crippen LogP) is 4.45. The summed E-state index contributed by atoms with van der Waals surface area (Å²) in [4.78, 5) is 22.8. The Bertz CT molecular complexity index is 1500. The number of hydrogen-bond acceptors (Lipinski definition) is 9. The number of halogens is 3. The number of piperidine rings is 1. The third-order valence-corrected chi connectivity index (χ3v) is 9.95. The molecule has 0 radical (unpaired) electrons. The van der Waals surface area contributed by atoms with Crippen molar-refractivity contribution in [2.24, 2.45) is 7.05 Å². The summed E-state index contributed by atoms with van der Waals surface area (Å²) >= 11 is -0.738. The highest BCUT2D eigenvalue weighted by molar-refractivity contribution is 7.99. The van der Waals surface area contributed by atoms with Crippen LogP contribution in [0.15, 0.2) is 57.2 Å². The Kier molecular flexibility index (Phi) is 7.72. The molecule has 2 aromatic heterocycles. The highest BCUT2D eigenvalue weighted by Gasteiger charge is 2.53. The van der Waals surface area contributed by atoms with Gasteiger partial charge in [0.2, 0.25) is 5.95 Å². The molecule has 0 saturated carbocycles. The molecule has 3 N–H and O–H groups in total. The average Bonchev–Trinajstić information content (AvgIpc) is 3.20. The summed E-state index contributed by atoms with van der Waals surface area (Å²) in [5.74, 6) is 0.899. The minimum Gasteiger partial charge on any atom is -0.598 e. The number of aromatic nitrogens is 3. The van der Waals surface area contributed by atoms with Crippen LogP contribution in [0.1, 0.15) is 50.9 Å². The van der Waals surface area contributed by atoms with E-state index in [2.05, 4.69) is 14.7 Å². The molecule has 14 heteroatoms. The van der Waals surface area contributed by atoms with Crippen LogP contribution in [0.4, 0.5) is 24.9 Å². The van der Waals surface area contributed by atoms with Crippen LogP contribution in [0.25, 0.3) is 0 Å². The molecule has 0 bridgehead atoms. The number of alkyl halides is 3. The number of para-hydroxylation sites is 1. The number of nitrogens with two attached hydrogens (primary N) is 1. The number of rotatable bonds is 5. The molecule has 1 spiro atoms. The first-order chi connectivity index (χ1) is 19.2. The normalized spacial score (nSPS) is 19.2. The van der Waals surface area contributed by atoms with Crippen LogP contribution in [0.3, 0.4) is 0 Å². The van der Waals surface area contributed by atoms with Crippen molar-refractivity contribution in [1.29, 1.82) is 0 Å². The van der Waals surface area contributed by atoms with Gasteiger partial charge in [-0.05, 0) is 39.0 Å². The van der Waals surface area contributed by atoms with Crippen molar-refractivity contribution in [2.75, 3.05) is 23.7 Å². The summed E-state index contributed by atoms with van der Waals surface area (Å²) in [6.45, 7) is 6.64. The van der Waals surface area contributed by atoms with Gasteiger partial charge in [-0.2, -0.15) is 18.2 Å². The van der Waals surface area contributed by atoms with Gasteiger partial charge in [-0.1, -0.05) is 30.0 Å². The quantitative estimate of drug-likeness (QED) is 0.405. The zero-order valence-corrected chi connectivity index (χ0v) is 24.6. The first-order valence-corrected chi connectivity index (χ1v) is 15.0. The van der Waals surface area contributed by atoms with Crippen molar-refractivity contribution < 1.29 is 22.5 Å². The molecular formula is C27H31F3N6O3S2. The Labute approximate surface area is 243 Å².